The van der Waals surface area contributed by atoms with Gasteiger partial charge in [0.25, 0.3) is 0 Å². The van der Waals surface area contributed by atoms with Crippen LogP contribution in [-0.2, 0) is 4.74 Å². The Hall–Kier alpha value is -2.14. The second-order valence-corrected chi connectivity index (χ2v) is 5.47. The summed E-state index contributed by atoms with van der Waals surface area (Å²) in [6, 6.07) is 13.2. The van der Waals surface area contributed by atoms with Gasteiger partial charge in [-0.1, -0.05) is 22.9 Å². The maximum atomic E-state index is 12.0. The standard InChI is InChI=1S/C17H15BrO4/c1-2-11-21-16(19)12-3-5-13(6-4-12)17(20)22-15-9-7-14(18)8-10-15/h3-10H,2,11H2,1H3. The van der Waals surface area contributed by atoms with Gasteiger partial charge in [-0.05, 0) is 55.0 Å². The fourth-order valence-electron chi connectivity index (χ4n) is 1.69. The first kappa shape index (κ1) is 16.2. The fourth-order valence-corrected chi connectivity index (χ4v) is 1.95. The van der Waals surface area contributed by atoms with Crippen LogP contribution in [0, 0.1) is 0 Å². The van der Waals surface area contributed by atoms with Gasteiger partial charge in [0.1, 0.15) is 5.75 Å². The molecule has 0 radical (unpaired) electrons. The number of carbonyl (C=O) groups is 2. The summed E-state index contributed by atoms with van der Waals surface area (Å²) in [4.78, 5) is 23.7. The average molecular weight is 363 g/mol. The maximum Gasteiger partial charge on any atom is 0.343 e. The van der Waals surface area contributed by atoms with E-state index in [1.807, 2.05) is 6.92 Å². The van der Waals surface area contributed by atoms with Gasteiger partial charge in [0.2, 0.25) is 0 Å². The topological polar surface area (TPSA) is 52.6 Å². The molecule has 0 unspecified atom stereocenters. The second-order valence-electron chi connectivity index (χ2n) is 4.56. The van der Waals surface area contributed by atoms with Crippen LogP contribution in [0.15, 0.2) is 53.0 Å². The molecule has 114 valence electrons. The summed E-state index contributed by atoms with van der Waals surface area (Å²) in [7, 11) is 0. The van der Waals surface area contributed by atoms with Crippen LogP contribution in [0.5, 0.6) is 5.75 Å². The van der Waals surface area contributed by atoms with Crippen molar-refractivity contribution in [3.8, 4) is 5.75 Å². The highest BCUT2D eigenvalue weighted by Gasteiger charge is 2.11. The number of rotatable bonds is 5. The molecule has 22 heavy (non-hydrogen) atoms. The first-order valence-electron chi connectivity index (χ1n) is 6.85. The Bertz CT molecular complexity index is 647. The van der Waals surface area contributed by atoms with Crippen molar-refractivity contribution in [2.45, 2.75) is 13.3 Å². The zero-order chi connectivity index (χ0) is 15.9. The van der Waals surface area contributed by atoms with Gasteiger partial charge < -0.3 is 9.47 Å². The summed E-state index contributed by atoms with van der Waals surface area (Å²) in [5, 5.41) is 0. The minimum atomic E-state index is -0.476. The van der Waals surface area contributed by atoms with Crippen molar-refractivity contribution < 1.29 is 19.1 Å². The second kappa shape index (κ2) is 7.75. The van der Waals surface area contributed by atoms with Crippen LogP contribution in [0.2, 0.25) is 0 Å². The molecule has 0 aromatic heterocycles. The number of esters is 2. The first-order chi connectivity index (χ1) is 10.6. The molecule has 4 nitrogen and oxygen atoms in total. The van der Waals surface area contributed by atoms with Crippen LogP contribution in [0.4, 0.5) is 0 Å². The van der Waals surface area contributed by atoms with E-state index in [1.54, 1.807) is 48.5 Å². The van der Waals surface area contributed by atoms with E-state index in [0.29, 0.717) is 23.5 Å². The van der Waals surface area contributed by atoms with Crippen LogP contribution in [-0.4, -0.2) is 18.5 Å². The van der Waals surface area contributed by atoms with E-state index in [4.69, 9.17) is 9.47 Å². The molecule has 0 atom stereocenters. The molecule has 0 bridgehead atoms. The Kier molecular flexibility index (Phi) is 5.72. The minimum Gasteiger partial charge on any atom is -0.462 e. The molecule has 0 aliphatic heterocycles. The summed E-state index contributed by atoms with van der Waals surface area (Å²) >= 11 is 3.31. The van der Waals surface area contributed by atoms with Crippen LogP contribution >= 0.6 is 15.9 Å². The number of hydrogen-bond donors (Lipinski definition) is 0. The third-order valence-electron chi connectivity index (χ3n) is 2.82. The molecule has 0 spiro atoms. The van der Waals surface area contributed by atoms with Crippen molar-refractivity contribution >= 4 is 27.9 Å². The fraction of sp³-hybridized carbons (Fsp3) is 0.176. The van der Waals surface area contributed by atoms with E-state index in [2.05, 4.69) is 15.9 Å². The quantitative estimate of drug-likeness (QED) is 0.589. The number of hydrogen-bond acceptors (Lipinski definition) is 4. The maximum absolute atomic E-state index is 12.0. The third kappa shape index (κ3) is 4.43. The first-order valence-corrected chi connectivity index (χ1v) is 7.64. The van der Waals surface area contributed by atoms with E-state index < -0.39 is 11.9 Å². The van der Waals surface area contributed by atoms with Crippen LogP contribution in [0.1, 0.15) is 34.1 Å². The highest BCUT2D eigenvalue weighted by molar-refractivity contribution is 9.10. The molecular weight excluding hydrogens is 348 g/mol. The molecule has 0 amide bonds. The highest BCUT2D eigenvalue weighted by Crippen LogP contribution is 2.17. The molecule has 0 saturated carbocycles. The number of carbonyl (C=O) groups excluding carboxylic acids is 2. The van der Waals surface area contributed by atoms with E-state index in [-0.39, 0.29) is 0 Å². The molecule has 2 rings (SSSR count). The Balaban J connectivity index is 2.01. The van der Waals surface area contributed by atoms with Crippen molar-refractivity contribution in [3.05, 3.63) is 64.1 Å². The van der Waals surface area contributed by atoms with Crippen molar-refractivity contribution in [3.63, 3.8) is 0 Å². The molecule has 0 aliphatic carbocycles. The summed E-state index contributed by atoms with van der Waals surface area (Å²) in [5.41, 5.74) is 0.781. The normalized spacial score (nSPS) is 10.1. The molecule has 0 fully saturated rings. The highest BCUT2D eigenvalue weighted by atomic mass is 79.9. The van der Waals surface area contributed by atoms with Gasteiger partial charge in [-0.15, -0.1) is 0 Å². The summed E-state index contributed by atoms with van der Waals surface area (Å²) in [5.74, 6) is -0.412. The summed E-state index contributed by atoms with van der Waals surface area (Å²) in [6.07, 6.45) is 0.767. The molecule has 0 saturated heterocycles. The Morgan fingerprint density at radius 3 is 2.00 bits per heavy atom. The van der Waals surface area contributed by atoms with Crippen molar-refractivity contribution in [2.75, 3.05) is 6.61 Å². The van der Waals surface area contributed by atoms with Crippen LogP contribution < -0.4 is 4.74 Å². The van der Waals surface area contributed by atoms with Crippen LogP contribution in [0.3, 0.4) is 0 Å². The molecular formula is C17H15BrO4. The molecule has 5 heteroatoms. The Morgan fingerprint density at radius 1 is 0.909 bits per heavy atom. The van der Waals surface area contributed by atoms with Crippen molar-refractivity contribution in [1.29, 1.82) is 0 Å². The largest absolute Gasteiger partial charge is 0.462 e. The van der Waals surface area contributed by atoms with Gasteiger partial charge in [0, 0.05) is 4.47 Å². The third-order valence-corrected chi connectivity index (χ3v) is 3.35. The van der Waals surface area contributed by atoms with E-state index in [0.717, 1.165) is 10.9 Å². The van der Waals surface area contributed by atoms with E-state index in [9.17, 15) is 9.59 Å². The van der Waals surface area contributed by atoms with Gasteiger partial charge in [-0.25, -0.2) is 9.59 Å². The molecule has 0 N–H and O–H groups in total. The average Bonchev–Trinajstić information content (AvgIpc) is 2.55. The molecule has 0 heterocycles. The minimum absolute atomic E-state index is 0.370. The number of ether oxygens (including phenoxy) is 2. The van der Waals surface area contributed by atoms with Crippen molar-refractivity contribution in [2.24, 2.45) is 0 Å². The zero-order valence-electron chi connectivity index (χ0n) is 12.0. The van der Waals surface area contributed by atoms with Gasteiger partial charge in [0.15, 0.2) is 0 Å². The lowest BCUT2D eigenvalue weighted by atomic mass is 10.1. The van der Waals surface area contributed by atoms with Crippen molar-refractivity contribution in [1.82, 2.24) is 0 Å². The summed E-state index contributed by atoms with van der Waals surface area (Å²) in [6.45, 7) is 2.31. The predicted octanol–water partition coefficient (Wildman–Crippen LogP) is 4.24. The zero-order valence-corrected chi connectivity index (χ0v) is 13.6. The smallest absolute Gasteiger partial charge is 0.343 e. The number of halogens is 1. The van der Waals surface area contributed by atoms with E-state index in [1.165, 1.54) is 0 Å². The number of benzene rings is 2. The van der Waals surface area contributed by atoms with Gasteiger partial charge >= 0.3 is 11.9 Å². The SMILES string of the molecule is CCCOC(=O)c1ccc(C(=O)Oc2ccc(Br)cc2)cc1. The molecule has 0 aliphatic rings. The van der Waals surface area contributed by atoms with Gasteiger partial charge in [0.05, 0.1) is 17.7 Å². The molecule has 2 aromatic rings. The summed E-state index contributed by atoms with van der Waals surface area (Å²) < 4.78 is 11.2. The van der Waals surface area contributed by atoms with E-state index >= 15 is 0 Å². The van der Waals surface area contributed by atoms with Gasteiger partial charge in [-0.3, -0.25) is 0 Å². The lowest BCUT2D eigenvalue weighted by Crippen LogP contribution is -2.10. The van der Waals surface area contributed by atoms with Gasteiger partial charge in [-0.2, -0.15) is 0 Å². The Morgan fingerprint density at radius 2 is 1.45 bits per heavy atom. The lowest BCUT2D eigenvalue weighted by molar-refractivity contribution is 0.0504. The van der Waals surface area contributed by atoms with Crippen LogP contribution in [0.25, 0.3) is 0 Å². The lowest BCUT2D eigenvalue weighted by Gasteiger charge is -2.06. The predicted molar refractivity (Wildman–Crippen MR) is 86.1 cm³/mol. The molecule has 2 aromatic carbocycles. The monoisotopic (exact) mass is 362 g/mol. The Labute approximate surface area is 137 Å².